The Balaban J connectivity index is 2.28. The summed E-state index contributed by atoms with van der Waals surface area (Å²) in [6, 6.07) is 4.12. The summed E-state index contributed by atoms with van der Waals surface area (Å²) >= 11 is 0. The lowest BCUT2D eigenvalue weighted by Gasteiger charge is -2.38. The minimum atomic E-state index is 0.0228. The molecule has 0 spiro atoms. The first-order chi connectivity index (χ1) is 14.0. The Hall–Kier alpha value is -1.26. The molecule has 0 unspecified atom stereocenters. The van der Waals surface area contributed by atoms with E-state index in [0.717, 1.165) is 36.1 Å². The highest BCUT2D eigenvalue weighted by Crippen LogP contribution is 2.49. The average Bonchev–Trinajstić information content (AvgIpc) is 2.67. The maximum atomic E-state index is 11.1. The van der Waals surface area contributed by atoms with Crippen molar-refractivity contribution in [1.29, 1.82) is 0 Å². The minimum Gasteiger partial charge on any atom is -0.508 e. The molecule has 1 aromatic rings. The summed E-state index contributed by atoms with van der Waals surface area (Å²) in [4.78, 5) is 0. The second-order valence-electron chi connectivity index (χ2n) is 9.10. The standard InChI is InChI=1S/C25H42O4/c1-5-6-7-8-20-16-23(27)25(24(17-20)29-14-13-28-12-11-26)22-15-19(4)9-10-21(22)18(2)3/h16-19,21-22,26-27H,5-15H2,1-4H3/t19-,21+,22-/m1/s1. The lowest BCUT2D eigenvalue weighted by atomic mass is 9.67. The van der Waals surface area contributed by atoms with Crippen molar-refractivity contribution in [1.82, 2.24) is 0 Å². The fourth-order valence-corrected chi connectivity index (χ4v) is 4.79. The highest BCUT2D eigenvalue weighted by Gasteiger charge is 2.35. The van der Waals surface area contributed by atoms with E-state index in [0.29, 0.717) is 49.2 Å². The van der Waals surface area contributed by atoms with Crippen LogP contribution in [0.4, 0.5) is 0 Å². The fraction of sp³-hybridized carbons (Fsp3) is 0.760. The van der Waals surface area contributed by atoms with Crippen molar-refractivity contribution < 1.29 is 19.7 Å². The summed E-state index contributed by atoms with van der Waals surface area (Å²) in [6.45, 7) is 10.3. The van der Waals surface area contributed by atoms with Crippen molar-refractivity contribution in [2.45, 2.75) is 78.6 Å². The second-order valence-corrected chi connectivity index (χ2v) is 9.10. The number of hydrogen-bond acceptors (Lipinski definition) is 4. The van der Waals surface area contributed by atoms with Crippen molar-refractivity contribution >= 4 is 0 Å². The van der Waals surface area contributed by atoms with Gasteiger partial charge in [-0.05, 0) is 67.1 Å². The molecule has 0 amide bonds. The number of aromatic hydroxyl groups is 1. The minimum absolute atomic E-state index is 0.0228. The van der Waals surface area contributed by atoms with Crippen LogP contribution in [0, 0.1) is 17.8 Å². The Morgan fingerprint density at radius 3 is 2.59 bits per heavy atom. The van der Waals surface area contributed by atoms with E-state index in [1.165, 1.54) is 25.7 Å². The van der Waals surface area contributed by atoms with E-state index < -0.39 is 0 Å². The molecule has 4 nitrogen and oxygen atoms in total. The Morgan fingerprint density at radius 2 is 1.90 bits per heavy atom. The molecule has 0 bridgehead atoms. The van der Waals surface area contributed by atoms with Crippen LogP contribution in [0.15, 0.2) is 12.1 Å². The molecular formula is C25H42O4. The van der Waals surface area contributed by atoms with Gasteiger partial charge in [0.15, 0.2) is 0 Å². The molecule has 1 aliphatic carbocycles. The van der Waals surface area contributed by atoms with Crippen LogP contribution in [0.3, 0.4) is 0 Å². The molecule has 166 valence electrons. The van der Waals surface area contributed by atoms with Crippen molar-refractivity contribution in [2.24, 2.45) is 17.8 Å². The molecule has 1 fully saturated rings. The molecular weight excluding hydrogens is 364 g/mol. The number of benzene rings is 1. The third-order valence-corrected chi connectivity index (χ3v) is 6.36. The van der Waals surface area contributed by atoms with Gasteiger partial charge in [-0.1, -0.05) is 47.0 Å². The number of phenols is 1. The first-order valence-electron chi connectivity index (χ1n) is 11.6. The summed E-state index contributed by atoms with van der Waals surface area (Å²) in [6.07, 6.45) is 8.05. The van der Waals surface area contributed by atoms with Gasteiger partial charge in [0.2, 0.25) is 0 Å². The number of rotatable bonds is 12. The highest BCUT2D eigenvalue weighted by molar-refractivity contribution is 5.50. The molecule has 1 aliphatic rings. The zero-order chi connectivity index (χ0) is 21.2. The number of hydrogen-bond donors (Lipinski definition) is 2. The Kier molecular flexibility index (Phi) is 10.3. The van der Waals surface area contributed by atoms with Crippen molar-refractivity contribution in [3.63, 3.8) is 0 Å². The van der Waals surface area contributed by atoms with Gasteiger partial charge in [0.1, 0.15) is 18.1 Å². The maximum absolute atomic E-state index is 11.1. The first-order valence-corrected chi connectivity index (χ1v) is 11.6. The van der Waals surface area contributed by atoms with Gasteiger partial charge in [-0.15, -0.1) is 0 Å². The van der Waals surface area contributed by atoms with Crippen LogP contribution < -0.4 is 4.74 Å². The van der Waals surface area contributed by atoms with E-state index in [2.05, 4.69) is 33.8 Å². The van der Waals surface area contributed by atoms with Gasteiger partial charge in [0.25, 0.3) is 0 Å². The van der Waals surface area contributed by atoms with Gasteiger partial charge in [-0.2, -0.15) is 0 Å². The monoisotopic (exact) mass is 406 g/mol. The Morgan fingerprint density at radius 1 is 1.10 bits per heavy atom. The van der Waals surface area contributed by atoms with E-state index in [9.17, 15) is 5.11 Å². The second kappa shape index (κ2) is 12.4. The van der Waals surface area contributed by atoms with Crippen LogP contribution >= 0.6 is 0 Å². The largest absolute Gasteiger partial charge is 0.508 e. The predicted octanol–water partition coefficient (Wildman–Crippen LogP) is 5.69. The molecule has 0 heterocycles. The smallest absolute Gasteiger partial charge is 0.126 e. The fourth-order valence-electron chi connectivity index (χ4n) is 4.79. The molecule has 4 heteroatoms. The lowest BCUT2D eigenvalue weighted by molar-refractivity contribution is 0.0697. The van der Waals surface area contributed by atoms with Crippen LogP contribution in [-0.2, 0) is 11.2 Å². The predicted molar refractivity (Wildman–Crippen MR) is 119 cm³/mol. The molecule has 0 saturated heterocycles. The maximum Gasteiger partial charge on any atom is 0.126 e. The van der Waals surface area contributed by atoms with Crippen molar-refractivity contribution in [3.8, 4) is 11.5 Å². The Bertz CT molecular complexity index is 599. The molecule has 2 N–H and O–H groups in total. The third kappa shape index (κ3) is 7.18. The molecule has 0 radical (unpaired) electrons. The van der Waals surface area contributed by atoms with Crippen LogP contribution in [0.1, 0.15) is 83.3 Å². The van der Waals surface area contributed by atoms with Crippen molar-refractivity contribution in [2.75, 3.05) is 26.4 Å². The molecule has 1 saturated carbocycles. The van der Waals surface area contributed by atoms with Crippen LogP contribution in [0.2, 0.25) is 0 Å². The summed E-state index contributed by atoms with van der Waals surface area (Å²) in [5.41, 5.74) is 2.15. The quantitative estimate of drug-likeness (QED) is 0.438. The van der Waals surface area contributed by atoms with E-state index in [-0.39, 0.29) is 6.61 Å². The molecule has 2 rings (SSSR count). The summed E-state index contributed by atoms with van der Waals surface area (Å²) in [5, 5.41) is 19.9. The van der Waals surface area contributed by atoms with E-state index >= 15 is 0 Å². The number of unbranched alkanes of at least 4 members (excludes halogenated alkanes) is 2. The zero-order valence-corrected chi connectivity index (χ0v) is 19.0. The number of ether oxygens (including phenoxy) is 2. The van der Waals surface area contributed by atoms with Gasteiger partial charge >= 0.3 is 0 Å². The SMILES string of the molecule is CCCCCc1cc(O)c([C@@H]2C[C@H](C)CC[C@H]2C(C)C)c(OCCOCCO)c1. The molecule has 0 aromatic heterocycles. The number of aliphatic hydroxyl groups excluding tert-OH is 1. The first kappa shape index (κ1) is 24.0. The molecule has 0 aliphatic heterocycles. The number of aliphatic hydroxyl groups is 1. The van der Waals surface area contributed by atoms with E-state index in [4.69, 9.17) is 14.6 Å². The van der Waals surface area contributed by atoms with Gasteiger partial charge in [0.05, 0.1) is 19.8 Å². The van der Waals surface area contributed by atoms with Gasteiger partial charge in [-0.25, -0.2) is 0 Å². The summed E-state index contributed by atoms with van der Waals surface area (Å²) < 4.78 is 11.5. The molecule has 29 heavy (non-hydrogen) atoms. The average molecular weight is 407 g/mol. The zero-order valence-electron chi connectivity index (χ0n) is 19.0. The van der Waals surface area contributed by atoms with Gasteiger partial charge in [0, 0.05) is 5.56 Å². The number of aryl methyl sites for hydroxylation is 1. The van der Waals surface area contributed by atoms with Gasteiger partial charge in [-0.3, -0.25) is 0 Å². The molecule has 3 atom stereocenters. The van der Waals surface area contributed by atoms with Crippen LogP contribution in [0.5, 0.6) is 11.5 Å². The van der Waals surface area contributed by atoms with Gasteiger partial charge < -0.3 is 19.7 Å². The van der Waals surface area contributed by atoms with E-state index in [1.807, 2.05) is 6.07 Å². The Labute approximate surface area is 177 Å². The highest BCUT2D eigenvalue weighted by atomic mass is 16.5. The van der Waals surface area contributed by atoms with Crippen LogP contribution in [-0.4, -0.2) is 36.6 Å². The van der Waals surface area contributed by atoms with Crippen LogP contribution in [0.25, 0.3) is 0 Å². The number of phenolic OH excluding ortho intramolecular Hbond substituents is 1. The third-order valence-electron chi connectivity index (χ3n) is 6.36. The summed E-state index contributed by atoms with van der Waals surface area (Å²) in [7, 11) is 0. The van der Waals surface area contributed by atoms with E-state index in [1.54, 1.807) is 0 Å². The summed E-state index contributed by atoms with van der Waals surface area (Å²) in [5.74, 6) is 3.37. The molecule has 1 aromatic carbocycles. The van der Waals surface area contributed by atoms with Crippen molar-refractivity contribution in [3.05, 3.63) is 23.3 Å². The topological polar surface area (TPSA) is 58.9 Å². The lowest BCUT2D eigenvalue weighted by Crippen LogP contribution is -2.26. The normalized spacial score (nSPS) is 22.2.